The van der Waals surface area contributed by atoms with Crippen LogP contribution in [0.5, 0.6) is 11.5 Å². The number of fused-ring (bicyclic) bond motifs is 2. The Bertz CT molecular complexity index is 1360. The second kappa shape index (κ2) is 11.5. The van der Waals surface area contributed by atoms with Gasteiger partial charge < -0.3 is 19.1 Å². The summed E-state index contributed by atoms with van der Waals surface area (Å²) in [6, 6.07) is 20.8. The van der Waals surface area contributed by atoms with Gasteiger partial charge in [0.25, 0.3) is 0 Å². The lowest BCUT2D eigenvalue weighted by atomic mass is 10.0. The third-order valence-corrected chi connectivity index (χ3v) is 7.77. The highest BCUT2D eigenvalue weighted by Crippen LogP contribution is 2.33. The molecule has 1 aliphatic carbocycles. The zero-order chi connectivity index (χ0) is 26.6. The number of benzene rings is 2. The molecule has 39 heavy (non-hydrogen) atoms. The fourth-order valence-electron chi connectivity index (χ4n) is 5.78. The van der Waals surface area contributed by atoms with Crippen molar-refractivity contribution < 1.29 is 14.2 Å². The lowest BCUT2D eigenvalue weighted by molar-refractivity contribution is 0.0895. The van der Waals surface area contributed by atoms with Gasteiger partial charge in [-0.2, -0.15) is 0 Å². The minimum absolute atomic E-state index is 0.551. The van der Waals surface area contributed by atoms with Crippen molar-refractivity contribution in [3.63, 3.8) is 0 Å². The number of hydrogen-bond donors (Lipinski definition) is 0. The number of nitrogens with zero attached hydrogens (tertiary/aromatic N) is 4. The van der Waals surface area contributed by atoms with Gasteiger partial charge in [0.2, 0.25) is 0 Å². The molecule has 0 spiro atoms. The molecule has 1 fully saturated rings. The predicted molar refractivity (Wildman–Crippen MR) is 154 cm³/mol. The van der Waals surface area contributed by atoms with E-state index in [0.29, 0.717) is 6.73 Å². The molecule has 0 saturated carbocycles. The fourth-order valence-corrected chi connectivity index (χ4v) is 5.78. The maximum atomic E-state index is 6.38. The van der Waals surface area contributed by atoms with Gasteiger partial charge in [-0.05, 0) is 47.9 Å². The number of rotatable bonds is 7. The monoisotopic (exact) mass is 524 g/mol. The van der Waals surface area contributed by atoms with Gasteiger partial charge in [0.15, 0.2) is 5.76 Å². The first-order chi connectivity index (χ1) is 19.2. The average molecular weight is 525 g/mol. The van der Waals surface area contributed by atoms with E-state index in [-0.39, 0.29) is 0 Å². The first-order valence-electron chi connectivity index (χ1n) is 13.7. The molecule has 1 saturated heterocycles. The number of ether oxygens (including phenoxy) is 3. The van der Waals surface area contributed by atoms with Crippen molar-refractivity contribution in [2.24, 2.45) is 0 Å². The van der Waals surface area contributed by atoms with E-state index in [9.17, 15) is 0 Å². The van der Waals surface area contributed by atoms with Crippen molar-refractivity contribution in [1.82, 2.24) is 14.8 Å². The summed E-state index contributed by atoms with van der Waals surface area (Å²) in [4.78, 5) is 12.1. The van der Waals surface area contributed by atoms with E-state index in [2.05, 4.69) is 51.1 Å². The van der Waals surface area contributed by atoms with E-state index in [0.717, 1.165) is 75.2 Å². The molecule has 3 aliphatic rings. The Hall–Kier alpha value is -3.81. The lowest BCUT2D eigenvalue weighted by Gasteiger charge is -2.37. The number of pyridine rings is 1. The molecule has 2 aromatic carbocycles. The van der Waals surface area contributed by atoms with Crippen LogP contribution in [0.15, 0.2) is 84.1 Å². The third kappa shape index (κ3) is 5.65. The average Bonchev–Trinajstić information content (AvgIpc) is 3.13. The number of piperazine rings is 1. The van der Waals surface area contributed by atoms with Crippen molar-refractivity contribution in [1.29, 1.82) is 0 Å². The van der Waals surface area contributed by atoms with Crippen LogP contribution in [0.3, 0.4) is 0 Å². The Morgan fingerprint density at radius 1 is 0.846 bits per heavy atom. The standard InChI is InChI=1S/C32H36N4O3/c1-37-28-11-9-24(10-12-28)20-35-22-27-19-25(18-26-6-5-13-33-31(26)32(27)39-23-35)21-34-14-16-36(17-15-34)29-7-3-4-8-30(29)38-2/h3-13,19H,14-18,20-23H2,1-2H3. The van der Waals surface area contributed by atoms with Crippen LogP contribution in [0.2, 0.25) is 0 Å². The summed E-state index contributed by atoms with van der Waals surface area (Å²) >= 11 is 0. The smallest absolute Gasteiger partial charge is 0.151 e. The molecule has 0 N–H and O–H groups in total. The third-order valence-electron chi connectivity index (χ3n) is 7.77. The van der Waals surface area contributed by atoms with Gasteiger partial charge in [0.05, 0.1) is 19.9 Å². The number of methoxy groups -OCH3 is 2. The van der Waals surface area contributed by atoms with Crippen LogP contribution >= 0.6 is 0 Å². The van der Waals surface area contributed by atoms with E-state index in [1.807, 2.05) is 36.5 Å². The molecule has 7 nitrogen and oxygen atoms in total. The Morgan fingerprint density at radius 3 is 2.46 bits per heavy atom. The van der Waals surface area contributed by atoms with E-state index >= 15 is 0 Å². The van der Waals surface area contributed by atoms with Crippen molar-refractivity contribution in [2.45, 2.75) is 13.0 Å². The summed E-state index contributed by atoms with van der Waals surface area (Å²) in [7, 11) is 3.44. The van der Waals surface area contributed by atoms with Gasteiger partial charge in [-0.15, -0.1) is 0 Å². The summed E-state index contributed by atoms with van der Waals surface area (Å²) in [5, 5.41) is 0. The minimum atomic E-state index is 0.551. The SMILES string of the molecule is COc1ccc(CN2COC3=C(C=C(CN4CCN(c5ccccc5OC)CC4)Cc4cccnc43)C2)cc1. The molecule has 0 radical (unpaired) electrons. The molecular formula is C32H36N4O3. The maximum absolute atomic E-state index is 6.38. The summed E-state index contributed by atoms with van der Waals surface area (Å²) in [5.41, 5.74) is 7.28. The molecule has 0 atom stereocenters. The summed E-state index contributed by atoms with van der Waals surface area (Å²) < 4.78 is 17.3. The normalized spacial score (nSPS) is 18.0. The van der Waals surface area contributed by atoms with Crippen molar-refractivity contribution >= 4 is 11.4 Å². The quantitative estimate of drug-likeness (QED) is 0.448. The van der Waals surface area contributed by atoms with Crippen molar-refractivity contribution in [2.75, 3.05) is 65.1 Å². The Labute approximate surface area is 230 Å². The molecule has 0 amide bonds. The Kier molecular flexibility index (Phi) is 7.52. The molecule has 0 unspecified atom stereocenters. The van der Waals surface area contributed by atoms with Crippen LogP contribution in [0, 0.1) is 0 Å². The molecule has 1 aromatic heterocycles. The first-order valence-corrected chi connectivity index (χ1v) is 13.7. The summed E-state index contributed by atoms with van der Waals surface area (Å²) in [6.07, 6.45) is 5.15. The van der Waals surface area contributed by atoms with Gasteiger partial charge >= 0.3 is 0 Å². The topological polar surface area (TPSA) is 50.3 Å². The first kappa shape index (κ1) is 25.5. The largest absolute Gasteiger partial charge is 0.497 e. The number of para-hydroxylation sites is 2. The van der Waals surface area contributed by atoms with Gasteiger partial charge in [0, 0.05) is 57.6 Å². The van der Waals surface area contributed by atoms with Crippen molar-refractivity contribution in [3.8, 4) is 11.5 Å². The Balaban J connectivity index is 1.17. The molecular weight excluding hydrogens is 488 g/mol. The highest BCUT2D eigenvalue weighted by Gasteiger charge is 2.27. The van der Waals surface area contributed by atoms with Crippen LogP contribution in [0.4, 0.5) is 5.69 Å². The van der Waals surface area contributed by atoms with E-state index in [1.54, 1.807) is 14.2 Å². The number of aromatic nitrogens is 1. The van der Waals surface area contributed by atoms with Gasteiger partial charge in [0.1, 0.15) is 23.9 Å². The number of hydrogen-bond acceptors (Lipinski definition) is 7. The van der Waals surface area contributed by atoms with Gasteiger partial charge in [-0.25, -0.2) is 0 Å². The zero-order valence-corrected chi connectivity index (χ0v) is 22.8. The van der Waals surface area contributed by atoms with Crippen LogP contribution in [0.1, 0.15) is 16.8 Å². The molecule has 202 valence electrons. The van der Waals surface area contributed by atoms with Gasteiger partial charge in [-0.3, -0.25) is 14.8 Å². The highest BCUT2D eigenvalue weighted by atomic mass is 16.5. The number of anilines is 1. The highest BCUT2D eigenvalue weighted by molar-refractivity contribution is 5.69. The predicted octanol–water partition coefficient (Wildman–Crippen LogP) is 4.60. The van der Waals surface area contributed by atoms with Crippen molar-refractivity contribution in [3.05, 3.63) is 101 Å². The molecule has 2 aliphatic heterocycles. The summed E-state index contributed by atoms with van der Waals surface area (Å²) in [5.74, 6) is 2.76. The fraction of sp³-hybridized carbons (Fsp3) is 0.344. The van der Waals surface area contributed by atoms with Crippen LogP contribution in [-0.4, -0.2) is 75.0 Å². The van der Waals surface area contributed by atoms with E-state index < -0.39 is 0 Å². The Morgan fingerprint density at radius 2 is 1.67 bits per heavy atom. The molecule has 3 aromatic rings. The maximum Gasteiger partial charge on any atom is 0.151 e. The second-order valence-electron chi connectivity index (χ2n) is 10.4. The summed E-state index contributed by atoms with van der Waals surface area (Å²) in [6.45, 7) is 7.16. The minimum Gasteiger partial charge on any atom is -0.497 e. The molecule has 3 heterocycles. The van der Waals surface area contributed by atoms with E-state index in [1.165, 1.54) is 28.0 Å². The van der Waals surface area contributed by atoms with Crippen LogP contribution in [0.25, 0.3) is 5.76 Å². The molecule has 7 heteroatoms. The van der Waals surface area contributed by atoms with Gasteiger partial charge in [-0.1, -0.05) is 42.0 Å². The second-order valence-corrected chi connectivity index (χ2v) is 10.4. The molecule has 0 bridgehead atoms. The lowest BCUT2D eigenvalue weighted by Crippen LogP contribution is -2.47. The van der Waals surface area contributed by atoms with Crippen LogP contribution < -0.4 is 14.4 Å². The van der Waals surface area contributed by atoms with Crippen LogP contribution in [-0.2, 0) is 17.7 Å². The zero-order valence-electron chi connectivity index (χ0n) is 22.8. The van der Waals surface area contributed by atoms with E-state index in [4.69, 9.17) is 19.2 Å². The molecule has 6 rings (SSSR count).